The summed E-state index contributed by atoms with van der Waals surface area (Å²) in [5, 5.41) is 0. The van der Waals surface area contributed by atoms with Crippen molar-refractivity contribution < 1.29 is 22.5 Å². The average molecular weight is 265 g/mol. The minimum Gasteiger partial charge on any atom is -0.748 e. The van der Waals surface area contributed by atoms with Crippen LogP contribution in [0.2, 0.25) is 0 Å². The number of hydrogen-bond donors (Lipinski definition) is 0. The van der Waals surface area contributed by atoms with Crippen molar-refractivity contribution in [2.45, 2.75) is 46.5 Å². The van der Waals surface area contributed by atoms with Gasteiger partial charge in [0.05, 0.1) is 22.1 Å². The van der Waals surface area contributed by atoms with E-state index in [1.165, 1.54) is 0 Å². The second-order valence-electron chi connectivity index (χ2n) is 4.70. The molecule has 0 aromatic rings. The number of carbonyl (C=O) groups is 1. The van der Waals surface area contributed by atoms with Gasteiger partial charge in [-0.2, -0.15) is 0 Å². The highest BCUT2D eigenvalue weighted by Crippen LogP contribution is 2.21. The van der Waals surface area contributed by atoms with E-state index >= 15 is 0 Å². The number of carbonyl (C=O) groups excluding carboxylic acids is 1. The Bertz CT molecular complexity index is 332. The van der Waals surface area contributed by atoms with Gasteiger partial charge in [0.1, 0.15) is 0 Å². The number of esters is 1. The Morgan fingerprint density at radius 1 is 1.24 bits per heavy atom. The minimum atomic E-state index is -4.11. The van der Waals surface area contributed by atoms with Crippen LogP contribution in [0.25, 0.3) is 0 Å². The van der Waals surface area contributed by atoms with Gasteiger partial charge in [-0.05, 0) is 39.5 Å². The second-order valence-corrected chi connectivity index (χ2v) is 6.22. The van der Waals surface area contributed by atoms with Crippen LogP contribution in [0.4, 0.5) is 0 Å². The summed E-state index contributed by atoms with van der Waals surface area (Å²) < 4.78 is 36.0. The van der Waals surface area contributed by atoms with Gasteiger partial charge in [0.2, 0.25) is 0 Å². The number of unbranched alkanes of at least 4 members (excludes halogenated alkanes) is 2. The summed E-state index contributed by atoms with van der Waals surface area (Å²) in [6.07, 6.45) is 2.18. The molecule has 0 amide bonds. The molecule has 0 bridgehead atoms. The second kappa shape index (κ2) is 6.96. The van der Waals surface area contributed by atoms with E-state index in [0.29, 0.717) is 25.7 Å². The Labute approximate surface area is 103 Å². The van der Waals surface area contributed by atoms with Crippen molar-refractivity contribution in [3.63, 3.8) is 0 Å². The first-order chi connectivity index (χ1) is 7.69. The van der Waals surface area contributed by atoms with Gasteiger partial charge >= 0.3 is 5.97 Å². The van der Waals surface area contributed by atoms with Crippen molar-refractivity contribution in [2.24, 2.45) is 5.41 Å². The highest BCUT2D eigenvalue weighted by atomic mass is 32.2. The third kappa shape index (κ3) is 8.15. The molecule has 0 aromatic heterocycles. The molecule has 0 rings (SSSR count). The van der Waals surface area contributed by atoms with Gasteiger partial charge in [-0.25, -0.2) is 8.42 Å². The zero-order valence-corrected chi connectivity index (χ0v) is 11.5. The first-order valence-corrected chi connectivity index (χ1v) is 7.37. The molecule has 17 heavy (non-hydrogen) atoms. The van der Waals surface area contributed by atoms with Crippen LogP contribution < -0.4 is 0 Å². The minimum absolute atomic E-state index is 0.239. The molecule has 0 heterocycles. The summed E-state index contributed by atoms with van der Waals surface area (Å²) in [7, 11) is -4.11. The maximum absolute atomic E-state index is 11.5. The van der Waals surface area contributed by atoms with Crippen molar-refractivity contribution >= 4 is 16.1 Å². The van der Waals surface area contributed by atoms with Gasteiger partial charge in [0.15, 0.2) is 0 Å². The van der Waals surface area contributed by atoms with Crippen molar-refractivity contribution in [2.75, 3.05) is 12.4 Å². The lowest BCUT2D eigenvalue weighted by molar-refractivity contribution is -0.154. The quantitative estimate of drug-likeness (QED) is 0.379. The summed E-state index contributed by atoms with van der Waals surface area (Å²) >= 11 is 0. The fourth-order valence-electron chi connectivity index (χ4n) is 1.06. The van der Waals surface area contributed by atoms with E-state index in [1.54, 1.807) is 0 Å². The molecule has 0 saturated heterocycles. The van der Waals surface area contributed by atoms with Crippen LogP contribution in [0.5, 0.6) is 0 Å². The Kier molecular flexibility index (Phi) is 6.70. The molecule has 0 aliphatic heterocycles. The fraction of sp³-hybridized carbons (Fsp3) is 0.909. The van der Waals surface area contributed by atoms with E-state index in [-0.39, 0.29) is 18.3 Å². The third-order valence-corrected chi connectivity index (χ3v) is 3.50. The predicted molar refractivity (Wildman–Crippen MR) is 63.4 cm³/mol. The zero-order valence-electron chi connectivity index (χ0n) is 10.7. The zero-order chi connectivity index (χ0) is 13.5. The summed E-state index contributed by atoms with van der Waals surface area (Å²) in [4.78, 5) is 11.5. The van der Waals surface area contributed by atoms with Crippen LogP contribution in [0.15, 0.2) is 0 Å². The summed E-state index contributed by atoms with van der Waals surface area (Å²) in [5.74, 6) is -0.585. The molecule has 0 atom stereocenters. The Morgan fingerprint density at radius 2 is 1.82 bits per heavy atom. The highest BCUT2D eigenvalue weighted by Gasteiger charge is 2.26. The highest BCUT2D eigenvalue weighted by molar-refractivity contribution is 7.85. The molecular formula is C11H21O5S-. The van der Waals surface area contributed by atoms with E-state index in [1.807, 2.05) is 20.8 Å². The van der Waals surface area contributed by atoms with Gasteiger partial charge in [-0.15, -0.1) is 0 Å². The molecule has 6 heteroatoms. The molecule has 0 unspecified atom stereocenters. The van der Waals surface area contributed by atoms with Crippen molar-refractivity contribution in [1.82, 2.24) is 0 Å². The van der Waals surface area contributed by atoms with Crippen molar-refractivity contribution in [3.05, 3.63) is 0 Å². The summed E-state index contributed by atoms with van der Waals surface area (Å²) in [5.41, 5.74) is -0.474. The van der Waals surface area contributed by atoms with Gasteiger partial charge in [-0.3, -0.25) is 4.79 Å². The predicted octanol–water partition coefficient (Wildman–Crippen LogP) is 1.68. The number of hydrogen-bond acceptors (Lipinski definition) is 5. The van der Waals surface area contributed by atoms with Crippen LogP contribution in [0.3, 0.4) is 0 Å². The molecule has 0 fully saturated rings. The van der Waals surface area contributed by atoms with Crippen LogP contribution in [-0.4, -0.2) is 31.3 Å². The van der Waals surface area contributed by atoms with Crippen LogP contribution >= 0.6 is 0 Å². The van der Waals surface area contributed by atoms with E-state index in [4.69, 9.17) is 4.74 Å². The molecule has 0 aliphatic carbocycles. The largest absolute Gasteiger partial charge is 0.748 e. The Hall–Kier alpha value is -0.620. The molecule has 0 radical (unpaired) electrons. The topological polar surface area (TPSA) is 83.5 Å². The monoisotopic (exact) mass is 265 g/mol. The molecule has 0 N–H and O–H groups in total. The molecule has 0 aromatic carbocycles. The molecule has 0 saturated carbocycles. The van der Waals surface area contributed by atoms with Gasteiger partial charge < -0.3 is 9.29 Å². The lowest BCUT2D eigenvalue weighted by atomic mass is 9.91. The maximum atomic E-state index is 11.5. The molecule has 102 valence electrons. The van der Waals surface area contributed by atoms with Gasteiger partial charge in [-0.1, -0.05) is 6.92 Å². The van der Waals surface area contributed by atoms with E-state index in [9.17, 15) is 17.8 Å². The summed E-state index contributed by atoms with van der Waals surface area (Å²) in [6, 6.07) is 0. The molecular weight excluding hydrogens is 244 g/mol. The molecule has 0 aliphatic rings. The molecule has 5 nitrogen and oxygen atoms in total. The normalized spacial score (nSPS) is 12.5. The summed E-state index contributed by atoms with van der Waals surface area (Å²) in [6.45, 7) is 5.83. The van der Waals surface area contributed by atoms with Crippen LogP contribution in [0.1, 0.15) is 46.5 Å². The average Bonchev–Trinajstić information content (AvgIpc) is 2.21. The number of rotatable bonds is 8. The Morgan fingerprint density at radius 3 is 2.29 bits per heavy atom. The van der Waals surface area contributed by atoms with Crippen molar-refractivity contribution in [3.8, 4) is 0 Å². The standard InChI is InChI=1S/C11H22O5S/c1-4-11(2,3)10(12)16-8-6-5-7-9-17(13,14)15/h4-9H2,1-3H3,(H,13,14,15)/p-1. The molecule has 0 spiro atoms. The lowest BCUT2D eigenvalue weighted by Crippen LogP contribution is -2.26. The van der Waals surface area contributed by atoms with Crippen LogP contribution in [-0.2, 0) is 19.6 Å². The first-order valence-electron chi connectivity index (χ1n) is 5.80. The van der Waals surface area contributed by atoms with Crippen LogP contribution in [0, 0.1) is 5.41 Å². The van der Waals surface area contributed by atoms with Crippen molar-refractivity contribution in [1.29, 1.82) is 0 Å². The Balaban J connectivity index is 3.63. The van der Waals surface area contributed by atoms with E-state index in [0.717, 1.165) is 0 Å². The first kappa shape index (κ1) is 16.4. The third-order valence-electron chi connectivity index (χ3n) is 2.71. The van der Waals surface area contributed by atoms with Gasteiger partial charge in [0.25, 0.3) is 0 Å². The lowest BCUT2D eigenvalue weighted by Gasteiger charge is -2.20. The SMILES string of the molecule is CCC(C)(C)C(=O)OCCCCCS(=O)(=O)[O-]. The van der Waals surface area contributed by atoms with Gasteiger partial charge in [0, 0.05) is 5.75 Å². The number of ether oxygens (including phenoxy) is 1. The maximum Gasteiger partial charge on any atom is 0.311 e. The smallest absolute Gasteiger partial charge is 0.311 e. The van der Waals surface area contributed by atoms with E-state index in [2.05, 4.69) is 0 Å². The van der Waals surface area contributed by atoms with E-state index < -0.39 is 15.5 Å². The fourth-order valence-corrected chi connectivity index (χ4v) is 1.62.